The predicted molar refractivity (Wildman–Crippen MR) is 75.4 cm³/mol. The summed E-state index contributed by atoms with van der Waals surface area (Å²) in [5, 5.41) is 0. The third-order valence-electron chi connectivity index (χ3n) is 2.50. The van der Waals surface area contributed by atoms with Gasteiger partial charge in [0.15, 0.2) is 0 Å². The average Bonchev–Trinajstić information content (AvgIpc) is 2.31. The quantitative estimate of drug-likeness (QED) is 0.282. The number of hydrogen-bond donors (Lipinski definition) is 0. The van der Waals surface area contributed by atoms with Crippen LogP contribution in [0.1, 0.15) is 64.2 Å². The summed E-state index contributed by atoms with van der Waals surface area (Å²) in [5.41, 5.74) is 0. The van der Waals surface area contributed by atoms with Crippen LogP contribution in [0.25, 0.3) is 0 Å². The third kappa shape index (κ3) is 14.1. The summed E-state index contributed by atoms with van der Waals surface area (Å²) in [7, 11) is 0. The molecule has 0 aromatic rings. The van der Waals surface area contributed by atoms with E-state index in [1.165, 1.54) is 38.5 Å². The molecule has 0 spiro atoms. The number of hydrogen-bond acceptors (Lipinski definition) is 0. The molecule has 0 aromatic heterocycles. The SMILES string of the molecule is ClCCCCCCC#CCCCCCCCl. The second-order valence-corrected chi connectivity index (χ2v) is 4.82. The minimum Gasteiger partial charge on any atom is -0.127 e. The van der Waals surface area contributed by atoms with Crippen LogP contribution in [0.2, 0.25) is 0 Å². The van der Waals surface area contributed by atoms with E-state index in [1.807, 2.05) is 0 Å². The highest BCUT2D eigenvalue weighted by molar-refractivity contribution is 6.18. The second kappa shape index (κ2) is 15.1. The van der Waals surface area contributed by atoms with Gasteiger partial charge in [0.05, 0.1) is 0 Å². The molecule has 0 nitrogen and oxygen atoms in total. The zero-order valence-electron chi connectivity index (χ0n) is 10.2. The van der Waals surface area contributed by atoms with E-state index < -0.39 is 0 Å². The first-order valence-electron chi connectivity index (χ1n) is 6.49. The fraction of sp³-hybridized carbons (Fsp3) is 0.857. The number of rotatable bonds is 10. The topological polar surface area (TPSA) is 0 Å². The van der Waals surface area contributed by atoms with Crippen LogP contribution >= 0.6 is 23.2 Å². The van der Waals surface area contributed by atoms with Gasteiger partial charge in [-0.05, 0) is 25.7 Å². The number of unbranched alkanes of at least 4 members (excludes halogenated alkanes) is 8. The molecule has 0 saturated heterocycles. The molecule has 0 fully saturated rings. The van der Waals surface area contributed by atoms with Gasteiger partial charge in [0.25, 0.3) is 0 Å². The van der Waals surface area contributed by atoms with Crippen LogP contribution in [-0.2, 0) is 0 Å². The minimum atomic E-state index is 0.800. The summed E-state index contributed by atoms with van der Waals surface area (Å²) in [4.78, 5) is 0. The van der Waals surface area contributed by atoms with Crippen molar-refractivity contribution in [3.8, 4) is 11.8 Å². The summed E-state index contributed by atoms with van der Waals surface area (Å²) < 4.78 is 0. The van der Waals surface area contributed by atoms with Gasteiger partial charge in [-0.1, -0.05) is 25.7 Å². The molecule has 0 amide bonds. The van der Waals surface area contributed by atoms with Gasteiger partial charge in [-0.15, -0.1) is 35.0 Å². The molecule has 0 unspecified atom stereocenters. The van der Waals surface area contributed by atoms with Gasteiger partial charge in [-0.2, -0.15) is 0 Å². The maximum atomic E-state index is 5.60. The Labute approximate surface area is 111 Å². The van der Waals surface area contributed by atoms with Crippen molar-refractivity contribution in [2.45, 2.75) is 64.2 Å². The van der Waals surface area contributed by atoms with Crippen molar-refractivity contribution in [1.82, 2.24) is 0 Å². The Hall–Kier alpha value is 0.140. The first kappa shape index (κ1) is 16.1. The molecule has 0 saturated carbocycles. The van der Waals surface area contributed by atoms with E-state index in [2.05, 4.69) is 11.8 Å². The van der Waals surface area contributed by atoms with Gasteiger partial charge in [0, 0.05) is 24.6 Å². The minimum absolute atomic E-state index is 0.800. The summed E-state index contributed by atoms with van der Waals surface area (Å²) in [5.74, 6) is 8.09. The molecule has 0 bridgehead atoms. The molecule has 0 heterocycles. The molecule has 16 heavy (non-hydrogen) atoms. The van der Waals surface area contributed by atoms with Gasteiger partial charge >= 0.3 is 0 Å². The van der Waals surface area contributed by atoms with Crippen LogP contribution in [0.5, 0.6) is 0 Å². The van der Waals surface area contributed by atoms with E-state index in [0.717, 1.165) is 37.4 Å². The Morgan fingerprint density at radius 1 is 0.500 bits per heavy atom. The Kier molecular flexibility index (Phi) is 15.3. The van der Waals surface area contributed by atoms with E-state index in [0.29, 0.717) is 0 Å². The molecule has 94 valence electrons. The molecule has 0 aliphatic heterocycles. The van der Waals surface area contributed by atoms with Gasteiger partial charge < -0.3 is 0 Å². The molecule has 0 rings (SSSR count). The first-order chi connectivity index (χ1) is 7.91. The Bertz CT molecular complexity index is 161. The molecule has 0 atom stereocenters. The largest absolute Gasteiger partial charge is 0.127 e. The summed E-state index contributed by atoms with van der Waals surface area (Å²) in [6, 6.07) is 0. The van der Waals surface area contributed by atoms with Gasteiger partial charge in [0.1, 0.15) is 0 Å². The average molecular weight is 263 g/mol. The molecule has 0 N–H and O–H groups in total. The molecular formula is C14H24Cl2. The van der Waals surface area contributed by atoms with Crippen molar-refractivity contribution < 1.29 is 0 Å². The second-order valence-electron chi connectivity index (χ2n) is 4.06. The van der Waals surface area contributed by atoms with Crippen LogP contribution < -0.4 is 0 Å². The van der Waals surface area contributed by atoms with Crippen LogP contribution in [-0.4, -0.2) is 11.8 Å². The lowest BCUT2D eigenvalue weighted by Gasteiger charge is -1.95. The van der Waals surface area contributed by atoms with Crippen LogP contribution in [0.15, 0.2) is 0 Å². The fourth-order valence-corrected chi connectivity index (χ4v) is 1.88. The fourth-order valence-electron chi connectivity index (χ4n) is 1.50. The smallest absolute Gasteiger partial charge is 0.0223 e. The molecule has 0 aliphatic rings. The van der Waals surface area contributed by atoms with Crippen LogP contribution in [0.4, 0.5) is 0 Å². The summed E-state index contributed by atoms with van der Waals surface area (Å²) >= 11 is 11.2. The lowest BCUT2D eigenvalue weighted by Crippen LogP contribution is -1.79. The Morgan fingerprint density at radius 2 is 0.875 bits per heavy atom. The zero-order valence-corrected chi connectivity index (χ0v) is 11.8. The van der Waals surface area contributed by atoms with Crippen molar-refractivity contribution in [3.63, 3.8) is 0 Å². The van der Waals surface area contributed by atoms with Gasteiger partial charge in [0.2, 0.25) is 0 Å². The summed E-state index contributed by atoms with van der Waals surface area (Å²) in [6.07, 6.45) is 11.9. The molecule has 0 aliphatic carbocycles. The van der Waals surface area contributed by atoms with Crippen LogP contribution in [0.3, 0.4) is 0 Å². The van der Waals surface area contributed by atoms with Gasteiger partial charge in [-0.3, -0.25) is 0 Å². The van der Waals surface area contributed by atoms with Crippen LogP contribution in [0, 0.1) is 11.8 Å². The molecule has 0 aromatic carbocycles. The van der Waals surface area contributed by atoms with Crippen molar-refractivity contribution >= 4 is 23.2 Å². The molecule has 2 heteroatoms. The van der Waals surface area contributed by atoms with Crippen molar-refractivity contribution in [2.75, 3.05) is 11.8 Å². The lowest BCUT2D eigenvalue weighted by molar-refractivity contribution is 0.677. The predicted octanol–water partition coefficient (Wildman–Crippen LogP) is 5.37. The monoisotopic (exact) mass is 262 g/mol. The van der Waals surface area contributed by atoms with Crippen molar-refractivity contribution in [3.05, 3.63) is 0 Å². The van der Waals surface area contributed by atoms with E-state index in [1.54, 1.807) is 0 Å². The molecule has 0 radical (unpaired) electrons. The van der Waals surface area contributed by atoms with E-state index in [9.17, 15) is 0 Å². The number of alkyl halides is 2. The Balaban J connectivity index is 3.04. The first-order valence-corrected chi connectivity index (χ1v) is 7.56. The highest BCUT2D eigenvalue weighted by Gasteiger charge is 1.88. The zero-order chi connectivity index (χ0) is 11.9. The van der Waals surface area contributed by atoms with Crippen molar-refractivity contribution in [1.29, 1.82) is 0 Å². The highest BCUT2D eigenvalue weighted by atomic mass is 35.5. The van der Waals surface area contributed by atoms with E-state index in [-0.39, 0.29) is 0 Å². The maximum Gasteiger partial charge on any atom is 0.0223 e. The highest BCUT2D eigenvalue weighted by Crippen LogP contribution is 2.04. The Morgan fingerprint density at radius 3 is 1.25 bits per heavy atom. The normalized spacial score (nSPS) is 9.88. The lowest BCUT2D eigenvalue weighted by atomic mass is 10.1. The van der Waals surface area contributed by atoms with E-state index in [4.69, 9.17) is 23.2 Å². The van der Waals surface area contributed by atoms with E-state index >= 15 is 0 Å². The molecular weight excluding hydrogens is 239 g/mol. The maximum absolute atomic E-state index is 5.60. The van der Waals surface area contributed by atoms with Crippen molar-refractivity contribution in [2.24, 2.45) is 0 Å². The third-order valence-corrected chi connectivity index (χ3v) is 3.03. The summed E-state index contributed by atoms with van der Waals surface area (Å²) in [6.45, 7) is 0. The standard InChI is InChI=1S/C14H24Cl2/c15-13-11-9-7-5-3-1-2-4-6-8-10-12-14-16/h3-14H2. The number of halogens is 2. The van der Waals surface area contributed by atoms with Gasteiger partial charge in [-0.25, -0.2) is 0 Å².